The maximum Gasteiger partial charge on any atom is 0.331 e. The van der Waals surface area contributed by atoms with Crippen molar-refractivity contribution in [3.05, 3.63) is 23.8 Å². The molecule has 5 rings (SSSR count). The standard InChI is InChI=1S/C24H32O3/c1-3-15-13-16-14-17(25)5-6-18(16)19-7-10-23(4-2)20(22(15)19)8-11-24(23)12-9-21(26)27-24/h9,12,14-15,18-20,22H,3-8,10-11,13H2,1-2H3/t15?,18-,19+,20-,22+,23-,24+/m0/s1. The molecule has 1 spiro atoms. The molecule has 0 bridgehead atoms. The minimum atomic E-state index is -0.342. The summed E-state index contributed by atoms with van der Waals surface area (Å²) in [6, 6.07) is 0. The molecule has 3 saturated carbocycles. The SMILES string of the molecule is CCC1CC2=CC(=O)CC[C@@H]2[C@H]2CC[C@@]3(CC)[C@@H](CC[C@@]34C=CC(=O)O4)[C@H]12. The lowest BCUT2D eigenvalue weighted by atomic mass is 9.47. The molecule has 0 aromatic carbocycles. The first-order chi connectivity index (χ1) is 13.0. The zero-order chi connectivity index (χ0) is 18.8. The molecule has 1 unspecified atom stereocenters. The first-order valence-corrected chi connectivity index (χ1v) is 11.2. The van der Waals surface area contributed by atoms with Crippen LogP contribution in [0.3, 0.4) is 0 Å². The van der Waals surface area contributed by atoms with Crippen LogP contribution < -0.4 is 0 Å². The fourth-order valence-corrected chi connectivity index (χ4v) is 8.24. The van der Waals surface area contributed by atoms with Gasteiger partial charge in [0.1, 0.15) is 5.60 Å². The van der Waals surface area contributed by atoms with Gasteiger partial charge in [0, 0.05) is 17.9 Å². The van der Waals surface area contributed by atoms with Crippen molar-refractivity contribution in [1.29, 1.82) is 0 Å². The normalized spacial score (nSPS) is 48.1. The molecule has 3 nitrogen and oxygen atoms in total. The van der Waals surface area contributed by atoms with Crippen LogP contribution in [0.15, 0.2) is 23.8 Å². The summed E-state index contributed by atoms with van der Waals surface area (Å²) in [6.07, 6.45) is 15.6. The van der Waals surface area contributed by atoms with E-state index in [1.165, 1.54) is 31.3 Å². The maximum absolute atomic E-state index is 12.0. The fourth-order valence-electron chi connectivity index (χ4n) is 8.24. The predicted molar refractivity (Wildman–Crippen MR) is 104 cm³/mol. The Morgan fingerprint density at radius 1 is 1.15 bits per heavy atom. The molecule has 3 fully saturated rings. The van der Waals surface area contributed by atoms with E-state index in [9.17, 15) is 9.59 Å². The molecule has 3 heteroatoms. The van der Waals surface area contributed by atoms with Crippen LogP contribution in [0, 0.1) is 35.0 Å². The highest BCUT2D eigenvalue weighted by molar-refractivity contribution is 5.91. The maximum atomic E-state index is 12.0. The fraction of sp³-hybridized carbons (Fsp3) is 0.750. The minimum Gasteiger partial charge on any atom is -0.451 e. The van der Waals surface area contributed by atoms with E-state index in [-0.39, 0.29) is 17.0 Å². The average molecular weight is 369 g/mol. The first kappa shape index (κ1) is 17.7. The molecule has 0 saturated heterocycles. The van der Waals surface area contributed by atoms with Gasteiger partial charge in [-0.3, -0.25) is 4.79 Å². The summed E-state index contributed by atoms with van der Waals surface area (Å²) in [5, 5.41) is 0. The summed E-state index contributed by atoms with van der Waals surface area (Å²) in [5.41, 5.74) is 1.24. The smallest absolute Gasteiger partial charge is 0.331 e. The van der Waals surface area contributed by atoms with E-state index in [4.69, 9.17) is 4.74 Å². The van der Waals surface area contributed by atoms with Crippen LogP contribution in [0.4, 0.5) is 0 Å². The number of hydrogen-bond donors (Lipinski definition) is 0. The molecule has 0 amide bonds. The van der Waals surface area contributed by atoms with Gasteiger partial charge >= 0.3 is 5.97 Å². The van der Waals surface area contributed by atoms with E-state index < -0.39 is 0 Å². The first-order valence-electron chi connectivity index (χ1n) is 11.2. The number of carbonyl (C=O) groups excluding carboxylic acids is 2. The third-order valence-corrected chi connectivity index (χ3v) is 9.27. The zero-order valence-corrected chi connectivity index (χ0v) is 16.7. The lowest BCUT2D eigenvalue weighted by molar-refractivity contribution is -0.166. The Balaban J connectivity index is 1.54. The number of allylic oxidation sites excluding steroid dienone is 1. The number of rotatable bonds is 2. The van der Waals surface area contributed by atoms with E-state index >= 15 is 0 Å². The van der Waals surface area contributed by atoms with Gasteiger partial charge in [-0.05, 0) is 86.7 Å². The Labute approximate surface area is 162 Å². The predicted octanol–water partition coefficient (Wildman–Crippen LogP) is 5.01. The van der Waals surface area contributed by atoms with Gasteiger partial charge in [0.15, 0.2) is 5.78 Å². The van der Waals surface area contributed by atoms with Crippen LogP contribution in [0.5, 0.6) is 0 Å². The highest BCUT2D eigenvalue weighted by Gasteiger charge is 2.67. The molecule has 1 aliphatic heterocycles. The van der Waals surface area contributed by atoms with E-state index in [1.54, 1.807) is 6.08 Å². The van der Waals surface area contributed by atoms with Crippen molar-refractivity contribution in [2.24, 2.45) is 35.0 Å². The van der Waals surface area contributed by atoms with Crippen LogP contribution >= 0.6 is 0 Å². The summed E-state index contributed by atoms with van der Waals surface area (Å²) in [5.74, 6) is 3.61. The molecule has 4 aliphatic carbocycles. The highest BCUT2D eigenvalue weighted by Crippen LogP contribution is 2.69. The number of ketones is 1. The molecule has 1 heterocycles. The second-order valence-electron chi connectivity index (χ2n) is 9.78. The number of hydrogen-bond acceptors (Lipinski definition) is 3. The Morgan fingerprint density at radius 2 is 2.00 bits per heavy atom. The molecular weight excluding hydrogens is 336 g/mol. The molecule has 7 atom stereocenters. The van der Waals surface area contributed by atoms with E-state index in [0.29, 0.717) is 23.5 Å². The Hall–Kier alpha value is -1.38. The number of esters is 1. The van der Waals surface area contributed by atoms with E-state index in [1.807, 2.05) is 6.08 Å². The zero-order valence-electron chi connectivity index (χ0n) is 16.7. The molecule has 0 aromatic rings. The minimum absolute atomic E-state index is 0.121. The Morgan fingerprint density at radius 3 is 2.70 bits per heavy atom. The third-order valence-electron chi connectivity index (χ3n) is 9.27. The van der Waals surface area contributed by atoms with Crippen molar-refractivity contribution in [2.75, 3.05) is 0 Å². The largest absolute Gasteiger partial charge is 0.451 e. The van der Waals surface area contributed by atoms with Gasteiger partial charge in [-0.15, -0.1) is 0 Å². The van der Waals surface area contributed by atoms with Gasteiger partial charge in [0.2, 0.25) is 0 Å². The van der Waals surface area contributed by atoms with Crippen LogP contribution in [0.2, 0.25) is 0 Å². The Kier molecular flexibility index (Phi) is 3.97. The van der Waals surface area contributed by atoms with Crippen molar-refractivity contribution in [1.82, 2.24) is 0 Å². The van der Waals surface area contributed by atoms with Crippen molar-refractivity contribution in [3.63, 3.8) is 0 Å². The Bertz CT molecular complexity index is 734. The lowest BCUT2D eigenvalue weighted by Crippen LogP contribution is -2.55. The number of fused-ring (bicyclic) bond motifs is 6. The number of carbonyl (C=O) groups is 2. The molecular formula is C24H32O3. The molecule has 0 N–H and O–H groups in total. The second-order valence-corrected chi connectivity index (χ2v) is 9.78. The third kappa shape index (κ3) is 2.26. The molecule has 5 aliphatic rings. The highest BCUT2D eigenvalue weighted by atomic mass is 16.6. The van der Waals surface area contributed by atoms with Crippen LogP contribution in [-0.4, -0.2) is 17.4 Å². The molecule has 0 radical (unpaired) electrons. The van der Waals surface area contributed by atoms with Crippen LogP contribution in [0.25, 0.3) is 0 Å². The van der Waals surface area contributed by atoms with Gasteiger partial charge in [0.05, 0.1) is 0 Å². The molecule has 146 valence electrons. The summed E-state index contributed by atoms with van der Waals surface area (Å²) >= 11 is 0. The van der Waals surface area contributed by atoms with Gasteiger partial charge in [-0.1, -0.05) is 25.8 Å². The van der Waals surface area contributed by atoms with E-state index in [0.717, 1.165) is 43.9 Å². The van der Waals surface area contributed by atoms with Gasteiger partial charge < -0.3 is 4.74 Å². The topological polar surface area (TPSA) is 43.4 Å². The number of ether oxygens (including phenoxy) is 1. The summed E-state index contributed by atoms with van der Waals surface area (Å²) in [4.78, 5) is 24.0. The van der Waals surface area contributed by atoms with E-state index in [2.05, 4.69) is 19.9 Å². The summed E-state index contributed by atoms with van der Waals surface area (Å²) in [6.45, 7) is 4.64. The van der Waals surface area contributed by atoms with Crippen molar-refractivity contribution in [3.8, 4) is 0 Å². The monoisotopic (exact) mass is 368 g/mol. The van der Waals surface area contributed by atoms with Crippen molar-refractivity contribution >= 4 is 11.8 Å². The lowest BCUT2D eigenvalue weighted by Gasteiger charge is -2.58. The van der Waals surface area contributed by atoms with Crippen molar-refractivity contribution < 1.29 is 14.3 Å². The van der Waals surface area contributed by atoms with Gasteiger partial charge in [-0.25, -0.2) is 4.79 Å². The average Bonchev–Trinajstić information content (AvgIpc) is 3.21. The summed E-state index contributed by atoms with van der Waals surface area (Å²) < 4.78 is 6.04. The van der Waals surface area contributed by atoms with Crippen LogP contribution in [-0.2, 0) is 14.3 Å². The molecule has 0 aromatic heterocycles. The second kappa shape index (κ2) is 6.06. The van der Waals surface area contributed by atoms with Crippen molar-refractivity contribution in [2.45, 2.75) is 77.2 Å². The quantitative estimate of drug-likeness (QED) is 0.644. The summed E-state index contributed by atoms with van der Waals surface area (Å²) in [7, 11) is 0. The molecule has 27 heavy (non-hydrogen) atoms. The van der Waals surface area contributed by atoms with Crippen LogP contribution in [0.1, 0.15) is 71.6 Å². The van der Waals surface area contributed by atoms with Gasteiger partial charge in [0.25, 0.3) is 0 Å². The van der Waals surface area contributed by atoms with Gasteiger partial charge in [-0.2, -0.15) is 0 Å².